The Hall–Kier alpha value is -0.0600. The van der Waals surface area contributed by atoms with Crippen molar-refractivity contribution >= 4 is 63.7 Å². The van der Waals surface area contributed by atoms with E-state index in [0.29, 0.717) is 0 Å². The lowest BCUT2D eigenvalue weighted by Crippen LogP contribution is -2.06. The molecule has 0 heterocycles. The zero-order valence-corrected chi connectivity index (χ0v) is 17.4. The number of benzene rings is 2. The van der Waals surface area contributed by atoms with Gasteiger partial charge in [0.25, 0.3) is 0 Å². The lowest BCUT2D eigenvalue weighted by atomic mass is 10.0. The van der Waals surface area contributed by atoms with Crippen LogP contribution in [0.25, 0.3) is 11.1 Å². The first-order valence-electron chi connectivity index (χ1n) is 5.95. The van der Waals surface area contributed by atoms with E-state index in [-0.39, 0.29) is 29.0 Å². The van der Waals surface area contributed by atoms with Gasteiger partial charge in [-0.25, -0.2) is 0 Å². The van der Waals surface area contributed by atoms with Crippen molar-refractivity contribution < 1.29 is 26.3 Å². The normalized spacial score (nSPS) is 12.6. The Morgan fingerprint density at radius 3 is 0.875 bits per heavy atom. The predicted octanol–water partition coefficient (Wildman–Crippen LogP) is 8.44. The quantitative estimate of drug-likeness (QED) is 0.286. The van der Waals surface area contributed by atoms with Crippen molar-refractivity contribution in [2.75, 3.05) is 0 Å². The maximum Gasteiger partial charge on any atom is 0.416 e. The predicted molar refractivity (Wildman–Crippen MR) is 92.7 cm³/mol. The van der Waals surface area contributed by atoms with Gasteiger partial charge in [0.2, 0.25) is 0 Å². The minimum atomic E-state index is -4.54. The molecule has 24 heavy (non-hydrogen) atoms. The lowest BCUT2D eigenvalue weighted by Gasteiger charge is -2.17. The van der Waals surface area contributed by atoms with Crippen molar-refractivity contribution in [3.8, 4) is 11.1 Å². The van der Waals surface area contributed by atoms with E-state index in [4.69, 9.17) is 0 Å². The molecule has 130 valence electrons. The Balaban J connectivity index is 2.70. The van der Waals surface area contributed by atoms with E-state index in [1.54, 1.807) is 0 Å². The minimum Gasteiger partial charge on any atom is -0.166 e. The highest BCUT2D eigenvalue weighted by atomic mass is 79.9. The molecule has 0 N–H and O–H groups in total. The van der Waals surface area contributed by atoms with Crippen LogP contribution in [0, 0.1) is 0 Å². The van der Waals surface area contributed by atoms with Crippen LogP contribution in [0.3, 0.4) is 0 Å². The van der Waals surface area contributed by atoms with Gasteiger partial charge in [0.1, 0.15) is 0 Å². The van der Waals surface area contributed by atoms with E-state index in [0.717, 1.165) is 24.3 Å². The molecule has 0 aromatic heterocycles. The monoisotopic (exact) mass is 602 g/mol. The van der Waals surface area contributed by atoms with Gasteiger partial charge in [0, 0.05) is 29.0 Å². The fourth-order valence-electron chi connectivity index (χ4n) is 1.95. The van der Waals surface area contributed by atoms with Gasteiger partial charge in [-0.05, 0) is 24.3 Å². The van der Waals surface area contributed by atoms with Crippen LogP contribution in [-0.2, 0) is 12.4 Å². The van der Waals surface area contributed by atoms with Gasteiger partial charge in [-0.2, -0.15) is 26.3 Å². The van der Waals surface area contributed by atoms with Crippen molar-refractivity contribution in [2.45, 2.75) is 12.4 Å². The Bertz CT molecular complexity index is 681. The van der Waals surface area contributed by atoms with Crippen LogP contribution in [0.4, 0.5) is 26.3 Å². The van der Waals surface area contributed by atoms with Crippen LogP contribution in [0.5, 0.6) is 0 Å². The lowest BCUT2D eigenvalue weighted by molar-refractivity contribution is -0.138. The molecule has 0 aliphatic rings. The second kappa shape index (κ2) is 6.92. The molecule has 0 amide bonds. The fourth-order valence-corrected chi connectivity index (χ4v) is 5.12. The largest absolute Gasteiger partial charge is 0.416 e. The fraction of sp³-hybridized carbons (Fsp3) is 0.143. The summed E-state index contributed by atoms with van der Waals surface area (Å²) in [6.07, 6.45) is -9.09. The van der Waals surface area contributed by atoms with Crippen molar-refractivity contribution in [3.05, 3.63) is 53.3 Å². The van der Waals surface area contributed by atoms with Crippen LogP contribution >= 0.6 is 63.7 Å². The Morgan fingerprint density at radius 1 is 0.500 bits per heavy atom. The molecule has 0 fully saturated rings. The molecule has 0 nitrogen and oxygen atoms in total. The van der Waals surface area contributed by atoms with E-state index < -0.39 is 23.5 Å². The maximum atomic E-state index is 12.8. The van der Waals surface area contributed by atoms with Crippen LogP contribution in [-0.4, -0.2) is 0 Å². The summed E-state index contributed by atoms with van der Waals surface area (Å²) in [5, 5.41) is 0. The first-order valence-corrected chi connectivity index (χ1v) is 9.12. The highest BCUT2D eigenvalue weighted by Crippen LogP contribution is 2.47. The van der Waals surface area contributed by atoms with Crippen LogP contribution < -0.4 is 0 Å². The summed E-state index contributed by atoms with van der Waals surface area (Å²) in [6.45, 7) is 0. The van der Waals surface area contributed by atoms with Gasteiger partial charge in [0.05, 0.1) is 11.1 Å². The molecule has 0 bridgehead atoms. The van der Waals surface area contributed by atoms with Gasteiger partial charge < -0.3 is 0 Å². The third kappa shape index (κ3) is 4.19. The third-order valence-corrected chi connectivity index (χ3v) is 5.49. The summed E-state index contributed by atoms with van der Waals surface area (Å²) in [5.41, 5.74) is -1.20. The van der Waals surface area contributed by atoms with Crippen LogP contribution in [0.15, 0.2) is 42.2 Å². The molecule has 2 rings (SSSR count). The van der Waals surface area contributed by atoms with E-state index >= 15 is 0 Å². The maximum absolute atomic E-state index is 12.8. The molecule has 0 saturated heterocycles. The topological polar surface area (TPSA) is 0 Å². The van der Waals surface area contributed by atoms with Crippen molar-refractivity contribution in [3.63, 3.8) is 0 Å². The zero-order chi connectivity index (χ0) is 18.4. The molecule has 0 aliphatic carbocycles. The Labute approximate surface area is 166 Å². The first kappa shape index (κ1) is 20.3. The molecule has 0 radical (unpaired) electrons. The van der Waals surface area contributed by atoms with E-state index in [1.807, 2.05) is 0 Å². The minimum absolute atomic E-state index is 0.0883. The van der Waals surface area contributed by atoms with E-state index in [2.05, 4.69) is 63.7 Å². The average molecular weight is 606 g/mol. The SMILES string of the molecule is FC(F)(F)c1cc(Br)c(-c2c(Br)cc(C(F)(F)F)cc2Br)c(Br)c1. The number of halogens is 10. The second-order valence-corrected chi connectivity index (χ2v) is 8.04. The summed E-state index contributed by atoms with van der Waals surface area (Å²) < 4.78 is 77.4. The van der Waals surface area contributed by atoms with Crippen LogP contribution in [0.2, 0.25) is 0 Å². The summed E-state index contributed by atoms with van der Waals surface area (Å²) in [7, 11) is 0. The molecule has 10 heteroatoms. The summed E-state index contributed by atoms with van der Waals surface area (Å²) in [4.78, 5) is 0. The number of hydrogen-bond acceptors (Lipinski definition) is 0. The molecule has 0 aliphatic heterocycles. The van der Waals surface area contributed by atoms with Crippen molar-refractivity contribution in [2.24, 2.45) is 0 Å². The second-order valence-electron chi connectivity index (χ2n) is 4.63. The number of hydrogen-bond donors (Lipinski definition) is 0. The summed E-state index contributed by atoms with van der Waals surface area (Å²) >= 11 is 12.2. The third-order valence-electron chi connectivity index (χ3n) is 2.99. The van der Waals surface area contributed by atoms with E-state index in [1.165, 1.54) is 0 Å². The van der Waals surface area contributed by atoms with Gasteiger partial charge in [-0.15, -0.1) is 0 Å². The summed E-state index contributed by atoms with van der Waals surface area (Å²) in [6, 6.07) is 3.49. The molecule has 0 unspecified atom stereocenters. The smallest absolute Gasteiger partial charge is 0.166 e. The number of rotatable bonds is 1. The molecule has 0 atom stereocenters. The molecule has 0 saturated carbocycles. The summed E-state index contributed by atoms with van der Waals surface area (Å²) in [5.74, 6) is 0. The zero-order valence-electron chi connectivity index (χ0n) is 11.1. The Morgan fingerprint density at radius 2 is 0.708 bits per heavy atom. The molecular formula is C14H4Br4F6. The van der Waals surface area contributed by atoms with Crippen LogP contribution in [0.1, 0.15) is 11.1 Å². The number of alkyl halides is 6. The van der Waals surface area contributed by atoms with Gasteiger partial charge >= 0.3 is 12.4 Å². The van der Waals surface area contributed by atoms with Gasteiger partial charge in [0.15, 0.2) is 0 Å². The van der Waals surface area contributed by atoms with Gasteiger partial charge in [-0.1, -0.05) is 63.7 Å². The molecule has 2 aromatic carbocycles. The highest BCUT2D eigenvalue weighted by Gasteiger charge is 2.34. The van der Waals surface area contributed by atoms with Crippen molar-refractivity contribution in [1.29, 1.82) is 0 Å². The average Bonchev–Trinajstić information content (AvgIpc) is 2.38. The standard InChI is InChI=1S/C14H4Br4F6/c15-7-1-5(13(19,20)21)2-8(16)11(7)12-9(17)3-6(4-10(12)18)14(22,23)24/h1-4H. The highest BCUT2D eigenvalue weighted by molar-refractivity contribution is 9.11. The van der Waals surface area contributed by atoms with Gasteiger partial charge in [-0.3, -0.25) is 0 Å². The first-order chi connectivity index (χ1) is 10.8. The molecule has 2 aromatic rings. The Kier molecular flexibility index (Phi) is 5.84. The molecular weight excluding hydrogens is 602 g/mol. The molecule has 0 spiro atoms. The van der Waals surface area contributed by atoms with Crippen molar-refractivity contribution in [1.82, 2.24) is 0 Å². The van der Waals surface area contributed by atoms with E-state index in [9.17, 15) is 26.3 Å².